The monoisotopic (exact) mass is 418 g/mol. The highest BCUT2D eigenvalue weighted by Gasteiger charge is 2.42. The fourth-order valence-corrected chi connectivity index (χ4v) is 5.53. The van der Waals surface area contributed by atoms with Crippen LogP contribution in [-0.4, -0.2) is 32.7 Å². The van der Waals surface area contributed by atoms with Crippen molar-refractivity contribution in [1.82, 2.24) is 0 Å². The molecule has 0 bridgehead atoms. The Hall–Kier alpha value is -2.67. The lowest BCUT2D eigenvalue weighted by atomic mass is 9.92. The van der Waals surface area contributed by atoms with Crippen LogP contribution in [0, 0.1) is 11.8 Å². The van der Waals surface area contributed by atoms with Crippen LogP contribution < -0.4 is 4.74 Å². The molecule has 156 valence electrons. The van der Waals surface area contributed by atoms with Crippen molar-refractivity contribution in [3.63, 3.8) is 0 Å². The SMILES string of the molecule is COC(=O)CC[C@H](C(=O)Oc1ccccc1)[C@H](C(C)C)S(=O)(=O)c1ccccc1. The maximum Gasteiger partial charge on any atom is 0.315 e. The molecule has 0 saturated carbocycles. The third-order valence-electron chi connectivity index (χ3n) is 4.64. The third kappa shape index (κ3) is 5.90. The molecule has 0 amide bonds. The maximum absolute atomic E-state index is 13.4. The molecule has 2 aromatic rings. The Morgan fingerprint density at radius 1 is 0.931 bits per heavy atom. The summed E-state index contributed by atoms with van der Waals surface area (Å²) in [5.74, 6) is -2.29. The van der Waals surface area contributed by atoms with Crippen molar-refractivity contribution < 1.29 is 27.5 Å². The molecule has 2 rings (SSSR count). The molecule has 0 aromatic heterocycles. The van der Waals surface area contributed by atoms with Crippen LogP contribution in [0.4, 0.5) is 0 Å². The number of esters is 2. The van der Waals surface area contributed by atoms with Gasteiger partial charge in [0.1, 0.15) is 5.75 Å². The van der Waals surface area contributed by atoms with E-state index in [1.54, 1.807) is 62.4 Å². The number of ether oxygens (including phenoxy) is 2. The summed E-state index contributed by atoms with van der Waals surface area (Å²) in [6.07, 6.45) is -0.0775. The quantitative estimate of drug-likeness (QED) is 0.456. The van der Waals surface area contributed by atoms with Gasteiger partial charge in [0.05, 0.1) is 23.2 Å². The molecule has 6 nitrogen and oxygen atoms in total. The van der Waals surface area contributed by atoms with Crippen molar-refractivity contribution in [2.75, 3.05) is 7.11 Å². The standard InChI is InChI=1S/C22H26O6S/c1-16(2)21(29(25,26)18-12-8-5-9-13-18)19(14-15-20(23)27-3)22(24)28-17-10-6-4-7-11-17/h4-13,16,19,21H,14-15H2,1-3H3/t19-,21-/m0/s1. The number of benzene rings is 2. The molecule has 0 N–H and O–H groups in total. The van der Waals surface area contributed by atoms with Crippen LogP contribution in [0.3, 0.4) is 0 Å². The molecule has 2 atom stereocenters. The molecule has 0 aliphatic rings. The number of hydrogen-bond donors (Lipinski definition) is 0. The summed E-state index contributed by atoms with van der Waals surface area (Å²) >= 11 is 0. The highest BCUT2D eigenvalue weighted by molar-refractivity contribution is 7.92. The Morgan fingerprint density at radius 2 is 1.48 bits per heavy atom. The Labute approximate surface area is 171 Å². The molecule has 0 radical (unpaired) electrons. The molecule has 7 heteroatoms. The second kappa shape index (κ2) is 10.2. The molecule has 0 fully saturated rings. The van der Waals surface area contributed by atoms with Gasteiger partial charge in [-0.2, -0.15) is 0 Å². The molecule has 0 heterocycles. The first-order valence-electron chi connectivity index (χ1n) is 9.40. The highest BCUT2D eigenvalue weighted by Crippen LogP contribution is 2.31. The van der Waals surface area contributed by atoms with E-state index in [-0.39, 0.29) is 23.7 Å². The van der Waals surface area contributed by atoms with E-state index in [0.717, 1.165) is 0 Å². The summed E-state index contributed by atoms with van der Waals surface area (Å²) in [5.41, 5.74) is 0. The molecule has 2 aromatic carbocycles. The zero-order chi connectivity index (χ0) is 21.4. The van der Waals surface area contributed by atoms with Crippen molar-refractivity contribution in [3.8, 4) is 5.75 Å². The van der Waals surface area contributed by atoms with Gasteiger partial charge in [0, 0.05) is 6.42 Å². The van der Waals surface area contributed by atoms with Crippen LogP contribution in [0.2, 0.25) is 0 Å². The van der Waals surface area contributed by atoms with E-state index in [1.165, 1.54) is 19.2 Å². The van der Waals surface area contributed by atoms with Crippen molar-refractivity contribution >= 4 is 21.8 Å². The summed E-state index contributed by atoms with van der Waals surface area (Å²) < 4.78 is 36.8. The predicted octanol–water partition coefficient (Wildman–Crippen LogP) is 3.66. The molecule has 0 saturated heterocycles. The van der Waals surface area contributed by atoms with Crippen molar-refractivity contribution in [2.45, 2.75) is 36.8 Å². The lowest BCUT2D eigenvalue weighted by Gasteiger charge is -2.28. The number of sulfone groups is 1. The number of methoxy groups -OCH3 is 1. The van der Waals surface area contributed by atoms with Gasteiger partial charge in [-0.3, -0.25) is 9.59 Å². The van der Waals surface area contributed by atoms with Gasteiger partial charge in [0.25, 0.3) is 0 Å². The zero-order valence-electron chi connectivity index (χ0n) is 16.8. The van der Waals surface area contributed by atoms with Crippen LogP contribution in [0.1, 0.15) is 26.7 Å². The van der Waals surface area contributed by atoms with Gasteiger partial charge in [-0.15, -0.1) is 0 Å². The minimum absolute atomic E-state index is 0.00719. The Bertz CT molecular complexity index is 907. The van der Waals surface area contributed by atoms with E-state index < -0.39 is 32.9 Å². The third-order valence-corrected chi connectivity index (χ3v) is 7.15. The van der Waals surface area contributed by atoms with Gasteiger partial charge in [-0.1, -0.05) is 50.2 Å². The predicted molar refractivity (Wildman–Crippen MR) is 109 cm³/mol. The van der Waals surface area contributed by atoms with Crippen molar-refractivity contribution in [1.29, 1.82) is 0 Å². The molecule has 0 spiro atoms. The number of hydrogen-bond acceptors (Lipinski definition) is 6. The van der Waals surface area contributed by atoms with Crippen LogP contribution in [0.15, 0.2) is 65.6 Å². The van der Waals surface area contributed by atoms with Crippen molar-refractivity contribution in [2.24, 2.45) is 11.8 Å². The Kier molecular flexibility index (Phi) is 7.96. The van der Waals surface area contributed by atoms with Crippen LogP contribution in [0.25, 0.3) is 0 Å². The fraction of sp³-hybridized carbons (Fsp3) is 0.364. The number of para-hydroxylation sites is 1. The zero-order valence-corrected chi connectivity index (χ0v) is 17.6. The average molecular weight is 419 g/mol. The van der Waals surface area contributed by atoms with E-state index in [2.05, 4.69) is 4.74 Å². The number of carbonyl (C=O) groups excluding carboxylic acids is 2. The van der Waals surface area contributed by atoms with Gasteiger partial charge in [0.15, 0.2) is 9.84 Å². The summed E-state index contributed by atoms with van der Waals surface area (Å²) in [5, 5.41) is -1.05. The van der Waals surface area contributed by atoms with Crippen LogP contribution in [0.5, 0.6) is 5.75 Å². The lowest BCUT2D eigenvalue weighted by molar-refractivity contribution is -0.142. The summed E-state index contributed by atoms with van der Waals surface area (Å²) in [4.78, 5) is 24.8. The summed E-state index contributed by atoms with van der Waals surface area (Å²) in [7, 11) is -2.59. The van der Waals surface area contributed by atoms with Gasteiger partial charge in [-0.05, 0) is 36.6 Å². The average Bonchev–Trinajstić information content (AvgIpc) is 2.71. The minimum atomic E-state index is -3.84. The van der Waals surface area contributed by atoms with E-state index in [9.17, 15) is 18.0 Å². The van der Waals surface area contributed by atoms with E-state index in [0.29, 0.717) is 5.75 Å². The van der Waals surface area contributed by atoms with Crippen molar-refractivity contribution in [3.05, 3.63) is 60.7 Å². The van der Waals surface area contributed by atoms with E-state index >= 15 is 0 Å². The van der Waals surface area contributed by atoms with Gasteiger partial charge in [0.2, 0.25) is 0 Å². The molecule has 0 aliphatic heterocycles. The normalized spacial score (nSPS) is 13.5. The molecule has 29 heavy (non-hydrogen) atoms. The van der Waals surface area contributed by atoms with Crippen LogP contribution >= 0.6 is 0 Å². The maximum atomic E-state index is 13.4. The van der Waals surface area contributed by atoms with Gasteiger partial charge in [-0.25, -0.2) is 8.42 Å². The smallest absolute Gasteiger partial charge is 0.315 e. The first kappa shape index (κ1) is 22.6. The largest absolute Gasteiger partial charge is 0.469 e. The van der Waals surface area contributed by atoms with Gasteiger partial charge < -0.3 is 9.47 Å². The molecule has 0 aliphatic carbocycles. The Balaban J connectivity index is 2.41. The van der Waals surface area contributed by atoms with E-state index in [1.807, 2.05) is 0 Å². The first-order chi connectivity index (χ1) is 13.8. The fourth-order valence-electron chi connectivity index (χ4n) is 3.28. The lowest BCUT2D eigenvalue weighted by Crippen LogP contribution is -2.41. The Morgan fingerprint density at radius 3 is 2.00 bits per heavy atom. The van der Waals surface area contributed by atoms with Gasteiger partial charge >= 0.3 is 11.9 Å². The second-order valence-corrected chi connectivity index (χ2v) is 9.13. The minimum Gasteiger partial charge on any atom is -0.469 e. The molecule has 0 unspecified atom stereocenters. The summed E-state index contributed by atoms with van der Waals surface area (Å²) in [6, 6.07) is 16.4. The second-order valence-electron chi connectivity index (χ2n) is 7.02. The topological polar surface area (TPSA) is 86.7 Å². The number of carbonyl (C=O) groups is 2. The highest BCUT2D eigenvalue weighted by atomic mass is 32.2. The van der Waals surface area contributed by atoms with E-state index in [4.69, 9.17) is 4.74 Å². The first-order valence-corrected chi connectivity index (χ1v) is 10.9. The number of rotatable bonds is 9. The molecular formula is C22H26O6S. The summed E-state index contributed by atoms with van der Waals surface area (Å²) in [6.45, 7) is 3.48. The van der Waals surface area contributed by atoms with Crippen LogP contribution in [-0.2, 0) is 24.2 Å². The molecular weight excluding hydrogens is 392 g/mol.